The molecule has 1 aliphatic heterocycles. The Hall–Kier alpha value is -2.93. The van der Waals surface area contributed by atoms with Crippen LogP contribution in [0.25, 0.3) is 11.8 Å². The average molecular weight is 426 g/mol. The van der Waals surface area contributed by atoms with Crippen LogP contribution >= 0.6 is 11.3 Å². The molecule has 0 aliphatic carbocycles. The van der Waals surface area contributed by atoms with Crippen molar-refractivity contribution < 1.29 is 13.9 Å². The summed E-state index contributed by atoms with van der Waals surface area (Å²) in [5.74, 6) is 0.722. The average Bonchev–Trinajstić information content (AvgIpc) is 3.37. The number of nitrogens with zero attached hydrogens (tertiary/aromatic N) is 3. The Balaban J connectivity index is 1.60. The summed E-state index contributed by atoms with van der Waals surface area (Å²) in [7, 11) is 1.63. The summed E-state index contributed by atoms with van der Waals surface area (Å²) in [5, 5.41) is -0.225. The lowest BCUT2D eigenvalue weighted by molar-refractivity contribution is -0.130. The van der Waals surface area contributed by atoms with Crippen LogP contribution in [0.15, 0.2) is 48.4 Å². The predicted molar refractivity (Wildman–Crippen MR) is 116 cm³/mol. The number of benzene rings is 1. The van der Waals surface area contributed by atoms with Gasteiger partial charge >= 0.3 is 0 Å². The van der Waals surface area contributed by atoms with E-state index in [1.165, 1.54) is 6.07 Å². The highest BCUT2D eigenvalue weighted by Gasteiger charge is 2.28. The molecule has 1 fully saturated rings. The highest BCUT2D eigenvalue weighted by molar-refractivity contribution is 7.10. The van der Waals surface area contributed by atoms with Gasteiger partial charge in [-0.25, -0.2) is 4.98 Å². The number of methoxy groups -OCH3 is 1. The summed E-state index contributed by atoms with van der Waals surface area (Å²) in [6, 6.07) is 8.95. The van der Waals surface area contributed by atoms with Crippen molar-refractivity contribution >= 4 is 23.3 Å². The second-order valence-corrected chi connectivity index (χ2v) is 8.51. The van der Waals surface area contributed by atoms with Crippen molar-refractivity contribution in [2.45, 2.75) is 32.7 Å². The van der Waals surface area contributed by atoms with Gasteiger partial charge in [0.05, 0.1) is 30.9 Å². The van der Waals surface area contributed by atoms with Crippen molar-refractivity contribution in [1.82, 2.24) is 14.5 Å². The molecular formula is C23H24FN3O2S. The largest absolute Gasteiger partial charge is 0.495 e. The first-order chi connectivity index (χ1) is 14.5. The maximum atomic E-state index is 13.4. The number of hydrogen-bond donors (Lipinski definition) is 0. The molecule has 0 saturated carbocycles. The topological polar surface area (TPSA) is 47.4 Å². The summed E-state index contributed by atoms with van der Waals surface area (Å²) >= 11 is 1.10. The van der Waals surface area contributed by atoms with Crippen molar-refractivity contribution in [3.63, 3.8) is 0 Å². The zero-order chi connectivity index (χ0) is 21.3. The number of piperidine rings is 1. The Kier molecular flexibility index (Phi) is 5.72. The number of imidazole rings is 1. The van der Waals surface area contributed by atoms with E-state index < -0.39 is 0 Å². The van der Waals surface area contributed by atoms with Crippen LogP contribution in [0.3, 0.4) is 0 Å². The first kappa shape index (κ1) is 20.3. The van der Waals surface area contributed by atoms with Crippen molar-refractivity contribution in [2.24, 2.45) is 0 Å². The Morgan fingerprint density at radius 3 is 2.80 bits per heavy atom. The number of likely N-dealkylation sites (tertiary alicyclic amines) is 1. The molecule has 1 atom stereocenters. The monoisotopic (exact) mass is 425 g/mol. The second-order valence-electron chi connectivity index (χ2n) is 7.44. The van der Waals surface area contributed by atoms with E-state index in [0.29, 0.717) is 12.3 Å². The van der Waals surface area contributed by atoms with Gasteiger partial charge in [-0.2, -0.15) is 4.39 Å². The standard InChI is InChI=1S/C23H24FN3O2S/c1-15-13-26(14-25-15)19-7-6-17(12-20(19)29-3)11-18-5-4-10-27(23(18)28)16(2)21-8-9-22(24)30-21/h6-9,11-14,16H,4-5,10H2,1-3H3/t16-/m1/s1. The number of aromatic nitrogens is 2. The highest BCUT2D eigenvalue weighted by Crippen LogP contribution is 2.32. The summed E-state index contributed by atoms with van der Waals surface area (Å²) < 4.78 is 20.9. The molecule has 2 aromatic heterocycles. The van der Waals surface area contributed by atoms with Crippen LogP contribution in [0.5, 0.6) is 5.75 Å². The van der Waals surface area contributed by atoms with Crippen LogP contribution in [-0.4, -0.2) is 34.0 Å². The third-order valence-corrected chi connectivity index (χ3v) is 6.43. The predicted octanol–water partition coefficient (Wildman–Crippen LogP) is 5.16. The molecule has 0 unspecified atom stereocenters. The van der Waals surface area contributed by atoms with E-state index in [-0.39, 0.29) is 17.1 Å². The van der Waals surface area contributed by atoms with Crippen molar-refractivity contribution in [2.75, 3.05) is 13.7 Å². The van der Waals surface area contributed by atoms with E-state index >= 15 is 0 Å². The number of ether oxygens (including phenoxy) is 1. The molecular weight excluding hydrogens is 401 g/mol. The Bertz CT molecular complexity index is 1100. The van der Waals surface area contributed by atoms with Gasteiger partial charge < -0.3 is 14.2 Å². The number of carbonyl (C=O) groups excluding carboxylic acids is 1. The van der Waals surface area contributed by atoms with E-state index in [0.717, 1.165) is 51.6 Å². The van der Waals surface area contributed by atoms with Crippen LogP contribution < -0.4 is 4.74 Å². The number of rotatable bonds is 5. The van der Waals surface area contributed by atoms with Gasteiger partial charge in [0, 0.05) is 23.2 Å². The third kappa shape index (κ3) is 4.03. The molecule has 0 radical (unpaired) electrons. The lowest BCUT2D eigenvalue weighted by Crippen LogP contribution is -2.38. The Morgan fingerprint density at radius 1 is 1.30 bits per heavy atom. The highest BCUT2D eigenvalue weighted by atomic mass is 32.1. The molecule has 4 rings (SSSR count). The first-order valence-corrected chi connectivity index (χ1v) is 10.7. The summed E-state index contributed by atoms with van der Waals surface area (Å²) in [6.07, 6.45) is 7.24. The Morgan fingerprint density at radius 2 is 2.13 bits per heavy atom. The van der Waals surface area contributed by atoms with E-state index in [1.807, 2.05) is 53.8 Å². The fraction of sp³-hybridized carbons (Fsp3) is 0.304. The first-order valence-electron chi connectivity index (χ1n) is 9.92. The molecule has 1 aliphatic rings. The zero-order valence-electron chi connectivity index (χ0n) is 17.3. The molecule has 3 heterocycles. The molecule has 1 saturated heterocycles. The molecule has 0 N–H and O–H groups in total. The van der Waals surface area contributed by atoms with Crippen molar-refractivity contribution in [1.29, 1.82) is 0 Å². The lowest BCUT2D eigenvalue weighted by Gasteiger charge is -2.33. The molecule has 0 bridgehead atoms. The van der Waals surface area contributed by atoms with Crippen molar-refractivity contribution in [3.8, 4) is 11.4 Å². The van der Waals surface area contributed by atoms with E-state index in [1.54, 1.807) is 19.5 Å². The van der Waals surface area contributed by atoms with Gasteiger partial charge in [-0.05, 0) is 62.6 Å². The number of thiophene rings is 1. The maximum Gasteiger partial charge on any atom is 0.250 e. The van der Waals surface area contributed by atoms with Crippen LogP contribution in [0, 0.1) is 12.1 Å². The summed E-state index contributed by atoms with van der Waals surface area (Å²) in [6.45, 7) is 4.57. The fourth-order valence-electron chi connectivity index (χ4n) is 3.79. The maximum absolute atomic E-state index is 13.4. The zero-order valence-corrected chi connectivity index (χ0v) is 18.1. The van der Waals surface area contributed by atoms with E-state index in [4.69, 9.17) is 4.74 Å². The molecule has 3 aromatic rings. The summed E-state index contributed by atoms with van der Waals surface area (Å²) in [4.78, 5) is 20.1. The number of halogens is 1. The van der Waals surface area contributed by atoms with Gasteiger partial charge in [0.25, 0.3) is 0 Å². The number of aryl methyl sites for hydroxylation is 1. The Labute approximate surface area is 179 Å². The minimum absolute atomic E-state index is 0.0100. The smallest absolute Gasteiger partial charge is 0.250 e. The molecule has 1 amide bonds. The van der Waals surface area contributed by atoms with Crippen LogP contribution in [0.1, 0.15) is 41.9 Å². The minimum atomic E-state index is -0.225. The van der Waals surface area contributed by atoms with Gasteiger partial charge in [-0.1, -0.05) is 6.07 Å². The molecule has 156 valence electrons. The van der Waals surface area contributed by atoms with Crippen LogP contribution in [0.2, 0.25) is 0 Å². The molecule has 0 spiro atoms. The van der Waals surface area contributed by atoms with Gasteiger partial charge in [0.2, 0.25) is 5.91 Å². The van der Waals surface area contributed by atoms with E-state index in [2.05, 4.69) is 4.98 Å². The second kappa shape index (κ2) is 8.44. The molecule has 5 nitrogen and oxygen atoms in total. The number of hydrogen-bond acceptors (Lipinski definition) is 4. The fourth-order valence-corrected chi connectivity index (χ4v) is 4.59. The summed E-state index contributed by atoms with van der Waals surface area (Å²) in [5.41, 5.74) is 3.49. The van der Waals surface area contributed by atoms with Crippen LogP contribution in [0.4, 0.5) is 4.39 Å². The quantitative estimate of drug-likeness (QED) is 0.531. The van der Waals surface area contributed by atoms with Gasteiger partial charge in [0.1, 0.15) is 5.75 Å². The third-order valence-electron chi connectivity index (χ3n) is 5.39. The molecule has 30 heavy (non-hydrogen) atoms. The molecule has 7 heteroatoms. The van der Waals surface area contributed by atoms with Gasteiger partial charge in [-0.15, -0.1) is 11.3 Å². The normalized spacial score (nSPS) is 16.9. The molecule has 1 aromatic carbocycles. The van der Waals surface area contributed by atoms with Gasteiger partial charge in [-0.3, -0.25) is 4.79 Å². The number of carbonyl (C=O) groups is 1. The van der Waals surface area contributed by atoms with Gasteiger partial charge in [0.15, 0.2) is 5.13 Å². The van der Waals surface area contributed by atoms with E-state index in [9.17, 15) is 9.18 Å². The van der Waals surface area contributed by atoms with Crippen LogP contribution in [-0.2, 0) is 4.79 Å². The van der Waals surface area contributed by atoms with Crippen molar-refractivity contribution in [3.05, 3.63) is 69.7 Å². The lowest BCUT2D eigenvalue weighted by atomic mass is 9.99. The minimum Gasteiger partial charge on any atom is -0.495 e. The number of amides is 1. The SMILES string of the molecule is COc1cc(C=C2CCCN([C@H](C)c3ccc(F)s3)C2=O)ccc1-n1cnc(C)c1.